The molecular weight excluding hydrogens is 360 g/mol. The molecule has 0 amide bonds. The molecule has 0 atom stereocenters. The number of nitrogens with zero attached hydrogens (tertiary/aromatic N) is 6. The Morgan fingerprint density at radius 2 is 1.96 bits per heavy atom. The van der Waals surface area contributed by atoms with Crippen LogP contribution in [0.4, 0.5) is 11.8 Å². The van der Waals surface area contributed by atoms with Crippen LogP contribution in [0.2, 0.25) is 0 Å². The topological polar surface area (TPSA) is 71.2 Å². The van der Waals surface area contributed by atoms with Crippen molar-refractivity contribution in [1.82, 2.24) is 20.1 Å². The molecule has 1 aliphatic carbocycles. The summed E-state index contributed by atoms with van der Waals surface area (Å²) in [6, 6.07) is 0. The molecule has 0 aromatic carbocycles. The Kier molecular flexibility index (Phi) is 4.22. The third-order valence-corrected chi connectivity index (χ3v) is 6.91. The van der Waals surface area contributed by atoms with Gasteiger partial charge in [-0.25, -0.2) is 9.97 Å². The van der Waals surface area contributed by atoms with E-state index in [1.165, 1.54) is 41.5 Å². The molecule has 0 radical (unpaired) electrons. The molecule has 27 heavy (non-hydrogen) atoms. The molecule has 1 saturated heterocycles. The second-order valence-electron chi connectivity index (χ2n) is 7.68. The summed E-state index contributed by atoms with van der Waals surface area (Å²) in [6.45, 7) is 1.92. The summed E-state index contributed by atoms with van der Waals surface area (Å²) in [4.78, 5) is 20.8. The van der Waals surface area contributed by atoms with E-state index in [0.717, 1.165) is 42.5 Å². The Morgan fingerprint density at radius 3 is 2.74 bits per heavy atom. The smallest absolute Gasteiger partial charge is 0.265 e. The first-order valence-electron chi connectivity index (χ1n) is 9.72. The molecule has 8 heteroatoms. The maximum atomic E-state index is 5.49. The maximum Gasteiger partial charge on any atom is 0.265 e. The maximum absolute atomic E-state index is 5.49. The third kappa shape index (κ3) is 2.96. The molecule has 7 nitrogen and oxygen atoms in total. The highest BCUT2D eigenvalue weighted by atomic mass is 32.1. The summed E-state index contributed by atoms with van der Waals surface area (Å²) in [5.74, 6) is 2.86. The first-order chi connectivity index (χ1) is 13.2. The summed E-state index contributed by atoms with van der Waals surface area (Å²) in [6.07, 6.45) is 8.69. The van der Waals surface area contributed by atoms with Gasteiger partial charge in [-0.3, -0.25) is 0 Å². The van der Waals surface area contributed by atoms with E-state index in [0.29, 0.717) is 11.9 Å². The average molecular weight is 385 g/mol. The molecule has 3 aromatic heterocycles. The average Bonchev–Trinajstić information content (AvgIpc) is 3.33. The van der Waals surface area contributed by atoms with E-state index < -0.39 is 0 Å². The van der Waals surface area contributed by atoms with Crippen molar-refractivity contribution in [3.8, 4) is 0 Å². The summed E-state index contributed by atoms with van der Waals surface area (Å²) in [5.41, 5.74) is 1.51. The molecule has 2 aliphatic rings. The van der Waals surface area contributed by atoms with Crippen LogP contribution in [0.3, 0.4) is 0 Å². The molecule has 142 valence electrons. The number of hydrogen-bond donors (Lipinski definition) is 0. The summed E-state index contributed by atoms with van der Waals surface area (Å²) >= 11 is 1.87. The Hall–Kier alpha value is -2.22. The van der Waals surface area contributed by atoms with Gasteiger partial charge in [0.05, 0.1) is 5.39 Å². The van der Waals surface area contributed by atoms with E-state index in [2.05, 4.69) is 20.0 Å². The standard InChI is InChI=1S/C19H24N6OS/c1-24(2)19-22-17(26-23-19)12-7-9-25(10-8-12)16-15-13-5-3-4-6-14(13)27-18(15)21-11-20-16/h11-12H,3-10H2,1-2H3. The van der Waals surface area contributed by atoms with Gasteiger partial charge in [0.2, 0.25) is 5.89 Å². The predicted molar refractivity (Wildman–Crippen MR) is 107 cm³/mol. The van der Waals surface area contributed by atoms with Gasteiger partial charge in [-0.2, -0.15) is 4.98 Å². The van der Waals surface area contributed by atoms with Crippen LogP contribution in [0.5, 0.6) is 0 Å². The number of aromatic nitrogens is 4. The van der Waals surface area contributed by atoms with E-state index in [1.807, 2.05) is 30.3 Å². The minimum absolute atomic E-state index is 0.330. The van der Waals surface area contributed by atoms with E-state index in [-0.39, 0.29) is 0 Å². The van der Waals surface area contributed by atoms with E-state index >= 15 is 0 Å². The minimum atomic E-state index is 0.330. The molecule has 0 saturated carbocycles. The highest BCUT2D eigenvalue weighted by Gasteiger charge is 2.28. The van der Waals surface area contributed by atoms with E-state index in [1.54, 1.807) is 6.33 Å². The lowest BCUT2D eigenvalue weighted by molar-refractivity contribution is 0.329. The Labute approximate surface area is 162 Å². The van der Waals surface area contributed by atoms with Crippen LogP contribution in [-0.4, -0.2) is 47.3 Å². The van der Waals surface area contributed by atoms with Gasteiger partial charge in [-0.05, 0) is 49.2 Å². The lowest BCUT2D eigenvalue weighted by Crippen LogP contribution is -2.33. The number of thiophene rings is 1. The normalized spacial score (nSPS) is 18.1. The van der Waals surface area contributed by atoms with Gasteiger partial charge >= 0.3 is 0 Å². The van der Waals surface area contributed by atoms with Gasteiger partial charge in [-0.15, -0.1) is 11.3 Å². The molecule has 0 spiro atoms. The van der Waals surface area contributed by atoms with Crippen LogP contribution in [0.25, 0.3) is 10.2 Å². The highest BCUT2D eigenvalue weighted by molar-refractivity contribution is 7.19. The number of piperidine rings is 1. The molecular formula is C19H24N6OS. The number of hydrogen-bond acceptors (Lipinski definition) is 8. The molecule has 3 aromatic rings. The minimum Gasteiger partial charge on any atom is -0.356 e. The summed E-state index contributed by atoms with van der Waals surface area (Å²) < 4.78 is 5.49. The predicted octanol–water partition coefficient (Wildman–Crippen LogP) is 3.40. The van der Waals surface area contributed by atoms with Gasteiger partial charge in [0, 0.05) is 38.0 Å². The molecule has 0 bridgehead atoms. The van der Waals surface area contributed by atoms with Crippen molar-refractivity contribution in [3.05, 3.63) is 22.7 Å². The third-order valence-electron chi connectivity index (χ3n) is 5.71. The Balaban J connectivity index is 1.38. The fraction of sp³-hybridized carbons (Fsp3) is 0.579. The van der Waals surface area contributed by atoms with Gasteiger partial charge in [0.1, 0.15) is 17.0 Å². The van der Waals surface area contributed by atoms with Crippen LogP contribution in [0.15, 0.2) is 10.9 Å². The number of rotatable bonds is 3. The van der Waals surface area contributed by atoms with Gasteiger partial charge in [-0.1, -0.05) is 0 Å². The quantitative estimate of drug-likeness (QED) is 0.685. The van der Waals surface area contributed by atoms with Crippen molar-refractivity contribution in [2.75, 3.05) is 37.0 Å². The number of aryl methyl sites for hydroxylation is 2. The summed E-state index contributed by atoms with van der Waals surface area (Å²) in [7, 11) is 3.86. The van der Waals surface area contributed by atoms with Crippen molar-refractivity contribution < 1.29 is 4.52 Å². The largest absolute Gasteiger partial charge is 0.356 e. The van der Waals surface area contributed by atoms with Crippen LogP contribution in [-0.2, 0) is 12.8 Å². The van der Waals surface area contributed by atoms with Crippen LogP contribution in [0.1, 0.15) is 47.9 Å². The zero-order valence-electron chi connectivity index (χ0n) is 15.8. The number of anilines is 2. The Bertz CT molecular complexity index is 956. The van der Waals surface area contributed by atoms with Crippen LogP contribution < -0.4 is 9.80 Å². The second-order valence-corrected chi connectivity index (χ2v) is 8.76. The lowest BCUT2D eigenvalue weighted by atomic mass is 9.95. The van der Waals surface area contributed by atoms with Gasteiger partial charge in [0.15, 0.2) is 0 Å². The molecule has 1 fully saturated rings. The first-order valence-corrected chi connectivity index (χ1v) is 10.5. The van der Waals surface area contributed by atoms with Gasteiger partial charge in [0.25, 0.3) is 5.95 Å². The fourth-order valence-electron chi connectivity index (χ4n) is 4.23. The summed E-state index contributed by atoms with van der Waals surface area (Å²) in [5, 5.41) is 5.37. The van der Waals surface area contributed by atoms with Gasteiger partial charge < -0.3 is 14.3 Å². The van der Waals surface area contributed by atoms with E-state index in [9.17, 15) is 0 Å². The zero-order chi connectivity index (χ0) is 18.4. The SMILES string of the molecule is CN(C)c1noc(C2CCN(c3ncnc4sc5c(c34)CCCC5)CC2)n1. The van der Waals surface area contributed by atoms with Crippen molar-refractivity contribution in [2.45, 2.75) is 44.4 Å². The molecule has 1 aliphatic heterocycles. The number of fused-ring (bicyclic) bond motifs is 3. The van der Waals surface area contributed by atoms with Crippen LogP contribution in [0, 0.1) is 0 Å². The fourth-order valence-corrected chi connectivity index (χ4v) is 5.45. The lowest BCUT2D eigenvalue weighted by Gasteiger charge is -2.31. The van der Waals surface area contributed by atoms with Crippen molar-refractivity contribution >= 4 is 33.3 Å². The molecule has 4 heterocycles. The first kappa shape index (κ1) is 16.9. The zero-order valence-corrected chi connectivity index (χ0v) is 16.6. The Morgan fingerprint density at radius 1 is 1.15 bits per heavy atom. The van der Waals surface area contributed by atoms with Crippen LogP contribution >= 0.6 is 11.3 Å². The van der Waals surface area contributed by atoms with E-state index in [4.69, 9.17) is 9.51 Å². The van der Waals surface area contributed by atoms with Crippen molar-refractivity contribution in [1.29, 1.82) is 0 Å². The molecule has 5 rings (SSSR count). The molecule has 0 unspecified atom stereocenters. The van der Waals surface area contributed by atoms with Crippen molar-refractivity contribution in [2.24, 2.45) is 0 Å². The highest BCUT2D eigenvalue weighted by Crippen LogP contribution is 2.40. The second kappa shape index (κ2) is 6.74. The van der Waals surface area contributed by atoms with Crippen molar-refractivity contribution in [3.63, 3.8) is 0 Å². The monoisotopic (exact) mass is 384 g/mol. The molecule has 0 N–H and O–H groups in total.